The summed E-state index contributed by atoms with van der Waals surface area (Å²) in [6.45, 7) is 0.256. The Kier molecular flexibility index (Phi) is 4.09. The molecule has 0 fully saturated rings. The van der Waals surface area contributed by atoms with Gasteiger partial charge in [0, 0.05) is 13.6 Å². The van der Waals surface area contributed by atoms with E-state index in [2.05, 4.69) is 9.97 Å². The normalized spacial score (nSPS) is 10.3. The van der Waals surface area contributed by atoms with E-state index in [-0.39, 0.29) is 29.2 Å². The van der Waals surface area contributed by atoms with Crippen molar-refractivity contribution in [2.45, 2.75) is 6.54 Å². The quantitative estimate of drug-likeness (QED) is 0.493. The number of hydrogen-bond acceptors (Lipinski definition) is 5. The highest BCUT2D eigenvalue weighted by molar-refractivity contribution is 6.28. The predicted octanol–water partition coefficient (Wildman–Crippen LogP) is 2.81. The molecule has 0 bridgehead atoms. The zero-order valence-electron chi connectivity index (χ0n) is 10.5. The van der Waals surface area contributed by atoms with Crippen molar-refractivity contribution in [3.8, 4) is 0 Å². The van der Waals surface area contributed by atoms with Gasteiger partial charge in [0.2, 0.25) is 11.1 Å². The second-order valence-electron chi connectivity index (χ2n) is 4.09. The Balaban J connectivity index is 2.31. The Morgan fingerprint density at radius 1 is 1.50 bits per heavy atom. The van der Waals surface area contributed by atoms with E-state index in [0.717, 1.165) is 6.20 Å². The molecule has 2 rings (SSSR count). The Bertz CT molecular complexity index is 653. The Labute approximate surface area is 119 Å². The third kappa shape index (κ3) is 3.18. The summed E-state index contributed by atoms with van der Waals surface area (Å²) in [6.07, 6.45) is 1.05. The molecular weight excluding hydrogens is 287 g/mol. The fraction of sp³-hybridized carbons (Fsp3) is 0.167. The van der Waals surface area contributed by atoms with Crippen LogP contribution in [0.4, 0.5) is 15.9 Å². The average Bonchev–Trinajstić information content (AvgIpc) is 2.38. The van der Waals surface area contributed by atoms with Gasteiger partial charge in [0.1, 0.15) is 12.0 Å². The van der Waals surface area contributed by atoms with Gasteiger partial charge < -0.3 is 4.90 Å². The fourth-order valence-electron chi connectivity index (χ4n) is 1.74. The summed E-state index contributed by atoms with van der Waals surface area (Å²) >= 11 is 5.66. The molecule has 0 amide bonds. The molecule has 1 heterocycles. The number of anilines is 1. The first-order valence-corrected chi connectivity index (χ1v) is 5.97. The second kappa shape index (κ2) is 5.79. The average molecular weight is 297 g/mol. The summed E-state index contributed by atoms with van der Waals surface area (Å²) < 4.78 is 13.1. The van der Waals surface area contributed by atoms with Gasteiger partial charge in [0.15, 0.2) is 0 Å². The van der Waals surface area contributed by atoms with Crippen molar-refractivity contribution in [3.05, 3.63) is 57.2 Å². The number of benzene rings is 1. The van der Waals surface area contributed by atoms with Crippen LogP contribution in [0.2, 0.25) is 5.28 Å². The van der Waals surface area contributed by atoms with Gasteiger partial charge in [-0.25, -0.2) is 9.37 Å². The van der Waals surface area contributed by atoms with E-state index in [4.69, 9.17) is 11.6 Å². The van der Waals surface area contributed by atoms with Crippen molar-refractivity contribution < 1.29 is 9.31 Å². The molecule has 0 saturated carbocycles. The van der Waals surface area contributed by atoms with Gasteiger partial charge in [-0.3, -0.25) is 10.1 Å². The molecule has 20 heavy (non-hydrogen) atoms. The molecule has 1 aromatic carbocycles. The molecule has 2 aromatic rings. The van der Waals surface area contributed by atoms with Crippen molar-refractivity contribution in [2.75, 3.05) is 11.9 Å². The minimum absolute atomic E-state index is 0.0826. The van der Waals surface area contributed by atoms with Gasteiger partial charge >= 0.3 is 5.69 Å². The van der Waals surface area contributed by atoms with Gasteiger partial charge in [0.05, 0.1) is 4.92 Å². The summed E-state index contributed by atoms with van der Waals surface area (Å²) in [5.41, 5.74) is 0.407. The molecule has 0 radical (unpaired) electrons. The van der Waals surface area contributed by atoms with E-state index >= 15 is 0 Å². The van der Waals surface area contributed by atoms with Crippen LogP contribution in [0.3, 0.4) is 0 Å². The molecule has 0 aliphatic heterocycles. The molecule has 0 spiro atoms. The third-order valence-electron chi connectivity index (χ3n) is 2.59. The van der Waals surface area contributed by atoms with Gasteiger partial charge in [-0.15, -0.1) is 0 Å². The van der Waals surface area contributed by atoms with Crippen LogP contribution in [0.25, 0.3) is 0 Å². The minimum atomic E-state index is -0.590. The molecule has 0 unspecified atom stereocenters. The number of nitro groups is 1. The number of halogens is 2. The Hall–Kier alpha value is -2.28. The lowest BCUT2D eigenvalue weighted by Crippen LogP contribution is -2.19. The lowest BCUT2D eigenvalue weighted by molar-refractivity contribution is -0.384. The molecule has 104 valence electrons. The van der Waals surface area contributed by atoms with E-state index in [1.165, 1.54) is 17.0 Å². The maximum Gasteiger partial charge on any atom is 0.329 e. The number of rotatable bonds is 4. The van der Waals surface area contributed by atoms with Crippen molar-refractivity contribution in [2.24, 2.45) is 0 Å². The maximum absolute atomic E-state index is 13.1. The molecule has 8 heteroatoms. The van der Waals surface area contributed by atoms with E-state index in [1.54, 1.807) is 19.2 Å². The topological polar surface area (TPSA) is 72.2 Å². The summed E-state index contributed by atoms with van der Waals surface area (Å²) in [6, 6.07) is 5.97. The number of aromatic nitrogens is 2. The van der Waals surface area contributed by atoms with E-state index in [1.807, 2.05) is 0 Å². The molecule has 6 nitrogen and oxygen atoms in total. The second-order valence-corrected chi connectivity index (χ2v) is 4.43. The van der Waals surface area contributed by atoms with Crippen LogP contribution in [-0.2, 0) is 6.54 Å². The zero-order chi connectivity index (χ0) is 14.7. The van der Waals surface area contributed by atoms with Crippen LogP contribution in [0, 0.1) is 15.9 Å². The standard InChI is InChI=1S/C12H10ClFN4O2/c1-17(7-8-3-2-4-9(14)5-8)11-10(18(19)20)6-15-12(13)16-11/h2-6H,7H2,1H3. The highest BCUT2D eigenvalue weighted by atomic mass is 35.5. The van der Waals surface area contributed by atoms with Crippen LogP contribution < -0.4 is 4.90 Å². The lowest BCUT2D eigenvalue weighted by Gasteiger charge is -2.17. The Morgan fingerprint density at radius 2 is 2.25 bits per heavy atom. The predicted molar refractivity (Wildman–Crippen MR) is 72.2 cm³/mol. The first-order chi connectivity index (χ1) is 9.47. The number of hydrogen-bond donors (Lipinski definition) is 0. The zero-order valence-corrected chi connectivity index (χ0v) is 11.2. The van der Waals surface area contributed by atoms with Crippen molar-refractivity contribution in [1.82, 2.24) is 9.97 Å². The van der Waals surface area contributed by atoms with Gasteiger partial charge in [0.25, 0.3) is 0 Å². The molecule has 0 aliphatic carbocycles. The molecule has 1 aromatic heterocycles. The van der Waals surface area contributed by atoms with E-state index in [9.17, 15) is 14.5 Å². The van der Waals surface area contributed by atoms with Gasteiger partial charge in [-0.2, -0.15) is 4.98 Å². The summed E-state index contributed by atoms with van der Waals surface area (Å²) in [4.78, 5) is 19.3. The molecule has 0 atom stereocenters. The van der Waals surface area contributed by atoms with Crippen LogP contribution in [0.5, 0.6) is 0 Å². The molecule has 0 saturated heterocycles. The Morgan fingerprint density at radius 3 is 2.90 bits per heavy atom. The van der Waals surface area contributed by atoms with Crippen molar-refractivity contribution >= 4 is 23.1 Å². The van der Waals surface area contributed by atoms with E-state index in [0.29, 0.717) is 5.56 Å². The third-order valence-corrected chi connectivity index (χ3v) is 2.77. The van der Waals surface area contributed by atoms with Crippen molar-refractivity contribution in [3.63, 3.8) is 0 Å². The highest BCUT2D eigenvalue weighted by Gasteiger charge is 2.20. The van der Waals surface area contributed by atoms with Crippen molar-refractivity contribution in [1.29, 1.82) is 0 Å². The van der Waals surface area contributed by atoms with E-state index < -0.39 is 4.92 Å². The first kappa shape index (κ1) is 14.1. The summed E-state index contributed by atoms with van der Waals surface area (Å²) in [5, 5.41) is 10.9. The molecule has 0 N–H and O–H groups in total. The van der Waals surface area contributed by atoms with Crippen LogP contribution >= 0.6 is 11.6 Å². The van der Waals surface area contributed by atoms with Crippen LogP contribution in [0.15, 0.2) is 30.5 Å². The maximum atomic E-state index is 13.1. The summed E-state index contributed by atoms with van der Waals surface area (Å²) in [7, 11) is 1.61. The fourth-order valence-corrected chi connectivity index (χ4v) is 1.87. The number of nitrogens with zero attached hydrogens (tertiary/aromatic N) is 4. The van der Waals surface area contributed by atoms with Gasteiger partial charge in [-0.1, -0.05) is 12.1 Å². The first-order valence-electron chi connectivity index (χ1n) is 5.60. The molecule has 0 aliphatic rings. The molecular formula is C12H10ClFN4O2. The monoisotopic (exact) mass is 296 g/mol. The SMILES string of the molecule is CN(Cc1cccc(F)c1)c1nc(Cl)ncc1[N+](=O)[O-]. The lowest BCUT2D eigenvalue weighted by atomic mass is 10.2. The highest BCUT2D eigenvalue weighted by Crippen LogP contribution is 2.26. The van der Waals surface area contributed by atoms with Crippen LogP contribution in [0.1, 0.15) is 5.56 Å². The largest absolute Gasteiger partial charge is 0.349 e. The minimum Gasteiger partial charge on any atom is -0.349 e. The van der Waals surface area contributed by atoms with Gasteiger partial charge in [-0.05, 0) is 29.3 Å². The van der Waals surface area contributed by atoms with Crippen LogP contribution in [-0.4, -0.2) is 21.9 Å². The smallest absolute Gasteiger partial charge is 0.329 e. The summed E-state index contributed by atoms with van der Waals surface area (Å²) in [5.74, 6) is -0.287.